The van der Waals surface area contributed by atoms with Crippen molar-refractivity contribution < 1.29 is 4.39 Å². The van der Waals surface area contributed by atoms with E-state index in [1.807, 2.05) is 37.3 Å². The van der Waals surface area contributed by atoms with Gasteiger partial charge in [0.2, 0.25) is 11.9 Å². The summed E-state index contributed by atoms with van der Waals surface area (Å²) in [6.07, 6.45) is 3.17. The number of hydrogen-bond acceptors (Lipinski definition) is 9. The van der Waals surface area contributed by atoms with E-state index in [2.05, 4.69) is 35.3 Å². The van der Waals surface area contributed by atoms with Crippen molar-refractivity contribution in [2.45, 2.75) is 17.2 Å². The monoisotopic (exact) mass is 459 g/mol. The van der Waals surface area contributed by atoms with Gasteiger partial charge in [-0.1, -0.05) is 30.0 Å². The number of fused-ring (bicyclic) bond motifs is 1. The Morgan fingerprint density at radius 3 is 2.58 bits per heavy atom. The van der Waals surface area contributed by atoms with Gasteiger partial charge >= 0.3 is 0 Å². The molecule has 1 unspecified atom stereocenters. The van der Waals surface area contributed by atoms with Crippen LogP contribution in [0.4, 0.5) is 22.0 Å². The van der Waals surface area contributed by atoms with Gasteiger partial charge in [0.15, 0.2) is 5.65 Å². The minimum absolute atomic E-state index is 0.128. The summed E-state index contributed by atoms with van der Waals surface area (Å²) in [5, 5.41) is 8.87. The Hall–Kier alpha value is -4.12. The van der Waals surface area contributed by atoms with Crippen molar-refractivity contribution in [1.29, 1.82) is 0 Å². The maximum absolute atomic E-state index is 13.3. The van der Waals surface area contributed by atoms with Crippen LogP contribution < -0.4 is 11.1 Å². The van der Waals surface area contributed by atoms with Crippen LogP contribution >= 0.6 is 11.8 Å². The number of rotatable bonds is 6. The van der Waals surface area contributed by atoms with Gasteiger partial charge in [-0.25, -0.2) is 19.0 Å². The van der Waals surface area contributed by atoms with E-state index in [9.17, 15) is 4.39 Å². The van der Waals surface area contributed by atoms with Gasteiger partial charge in [-0.2, -0.15) is 20.1 Å². The Bertz CT molecular complexity index is 1410. The van der Waals surface area contributed by atoms with E-state index in [-0.39, 0.29) is 17.0 Å². The molecule has 11 heteroatoms. The molecule has 0 saturated heterocycles. The summed E-state index contributed by atoms with van der Waals surface area (Å²) in [7, 11) is 0. The van der Waals surface area contributed by atoms with Crippen molar-refractivity contribution in [2.75, 3.05) is 11.1 Å². The summed E-state index contributed by atoms with van der Waals surface area (Å²) in [5.74, 6) is 0.701. The van der Waals surface area contributed by atoms with Crippen LogP contribution in [-0.2, 0) is 0 Å². The normalized spacial score (nSPS) is 12.1. The first kappa shape index (κ1) is 20.8. The number of nitrogens with zero attached hydrogens (tertiary/aromatic N) is 7. The number of nitrogens with two attached hydrogens (primary N) is 1. The Kier molecular flexibility index (Phi) is 5.53. The van der Waals surface area contributed by atoms with Crippen LogP contribution in [0.2, 0.25) is 0 Å². The maximum Gasteiger partial charge on any atom is 0.232 e. The van der Waals surface area contributed by atoms with E-state index in [0.29, 0.717) is 23.1 Å². The number of benzene rings is 2. The molecule has 0 spiro atoms. The lowest BCUT2D eigenvalue weighted by Crippen LogP contribution is -2.08. The van der Waals surface area contributed by atoms with E-state index in [4.69, 9.17) is 5.73 Å². The molecule has 0 aliphatic carbocycles. The van der Waals surface area contributed by atoms with Gasteiger partial charge < -0.3 is 11.1 Å². The van der Waals surface area contributed by atoms with Gasteiger partial charge in [-0.05, 0) is 43.3 Å². The van der Waals surface area contributed by atoms with Gasteiger partial charge in [0, 0.05) is 5.69 Å². The molecule has 33 heavy (non-hydrogen) atoms. The van der Waals surface area contributed by atoms with Crippen LogP contribution in [0.15, 0.2) is 72.1 Å². The Labute approximate surface area is 192 Å². The topological polar surface area (TPSA) is 120 Å². The average Bonchev–Trinajstić information content (AvgIpc) is 3.25. The summed E-state index contributed by atoms with van der Waals surface area (Å²) in [6.45, 7) is 1.96. The molecule has 5 aromatic rings. The van der Waals surface area contributed by atoms with E-state index >= 15 is 0 Å². The fourth-order valence-electron chi connectivity index (χ4n) is 3.21. The fourth-order valence-corrected chi connectivity index (χ4v) is 4.13. The zero-order valence-corrected chi connectivity index (χ0v) is 18.2. The second-order valence-electron chi connectivity index (χ2n) is 7.08. The Morgan fingerprint density at radius 1 is 1.00 bits per heavy atom. The highest BCUT2D eigenvalue weighted by molar-refractivity contribution is 7.99. The molecule has 0 radical (unpaired) electrons. The van der Waals surface area contributed by atoms with Gasteiger partial charge in [-0.3, -0.25) is 0 Å². The first-order chi connectivity index (χ1) is 16.1. The van der Waals surface area contributed by atoms with E-state index in [1.54, 1.807) is 23.0 Å². The maximum atomic E-state index is 13.3. The molecule has 0 aliphatic rings. The summed E-state index contributed by atoms with van der Waals surface area (Å²) in [6, 6.07) is 15.6. The lowest BCUT2D eigenvalue weighted by Gasteiger charge is -2.12. The number of para-hydroxylation sites is 1. The highest BCUT2D eigenvalue weighted by Gasteiger charge is 2.18. The highest BCUT2D eigenvalue weighted by atomic mass is 32.2. The molecule has 0 aliphatic heterocycles. The molecule has 3 N–H and O–H groups in total. The number of nitrogens with one attached hydrogen (secondary N) is 1. The molecule has 0 bridgehead atoms. The first-order valence-corrected chi connectivity index (χ1v) is 10.9. The van der Waals surface area contributed by atoms with E-state index in [1.165, 1.54) is 30.2 Å². The third kappa shape index (κ3) is 4.44. The minimum atomic E-state index is -0.312. The van der Waals surface area contributed by atoms with Crippen molar-refractivity contribution in [3.8, 4) is 5.69 Å². The fraction of sp³-hybridized carbons (Fsp3) is 0.0909. The lowest BCUT2D eigenvalue weighted by molar-refractivity contribution is 0.627. The third-order valence-corrected chi connectivity index (χ3v) is 5.87. The number of hydrogen-bond donors (Lipinski definition) is 2. The number of halogens is 1. The largest absolute Gasteiger partial charge is 0.368 e. The van der Waals surface area contributed by atoms with Crippen LogP contribution in [0.3, 0.4) is 0 Å². The van der Waals surface area contributed by atoms with Crippen molar-refractivity contribution >= 4 is 40.4 Å². The zero-order valence-electron chi connectivity index (χ0n) is 17.4. The Morgan fingerprint density at radius 2 is 1.79 bits per heavy atom. The van der Waals surface area contributed by atoms with Gasteiger partial charge in [0.25, 0.3) is 0 Å². The van der Waals surface area contributed by atoms with Crippen molar-refractivity contribution in [2.24, 2.45) is 0 Å². The Balaban J connectivity index is 1.42. The molecular formula is C22H18FN9S. The molecule has 164 valence electrons. The van der Waals surface area contributed by atoms with Crippen LogP contribution in [0, 0.1) is 5.82 Å². The van der Waals surface area contributed by atoms with E-state index < -0.39 is 0 Å². The molecule has 5 rings (SSSR count). The van der Waals surface area contributed by atoms with E-state index in [0.717, 1.165) is 16.1 Å². The summed E-state index contributed by atoms with van der Waals surface area (Å²) < 4.78 is 14.9. The molecule has 3 heterocycles. The standard InChI is InChI=1S/C22H18FN9S/c1-13(18-29-21(24)31-22(30-18)28-15-5-3-2-4-6-15)33-20-17-11-27-32(19(17)25-12-26-20)16-9-7-14(23)8-10-16/h2-13H,1H3,(H3,24,28,29,30,31). The molecule has 3 aromatic heterocycles. The van der Waals surface area contributed by atoms with Crippen molar-refractivity contribution in [1.82, 2.24) is 34.7 Å². The minimum Gasteiger partial charge on any atom is -0.368 e. The second kappa shape index (κ2) is 8.79. The average molecular weight is 460 g/mol. The first-order valence-electron chi connectivity index (χ1n) is 10.0. The lowest BCUT2D eigenvalue weighted by atomic mass is 10.3. The predicted octanol–water partition coefficient (Wildman–Crippen LogP) is 4.32. The van der Waals surface area contributed by atoms with Crippen LogP contribution in [0.1, 0.15) is 18.0 Å². The number of thioether (sulfide) groups is 1. The number of aromatic nitrogens is 7. The summed E-state index contributed by atoms with van der Waals surface area (Å²) >= 11 is 1.46. The van der Waals surface area contributed by atoms with Crippen LogP contribution in [0.5, 0.6) is 0 Å². The second-order valence-corrected chi connectivity index (χ2v) is 8.40. The number of anilines is 3. The highest BCUT2D eigenvalue weighted by Crippen LogP contribution is 2.36. The van der Waals surface area contributed by atoms with Crippen molar-refractivity contribution in [3.63, 3.8) is 0 Å². The summed E-state index contributed by atoms with van der Waals surface area (Å²) in [4.78, 5) is 21.8. The van der Waals surface area contributed by atoms with Gasteiger partial charge in [-0.15, -0.1) is 0 Å². The molecule has 0 fully saturated rings. The summed E-state index contributed by atoms with van der Waals surface area (Å²) in [5.41, 5.74) is 8.11. The van der Waals surface area contributed by atoms with Crippen LogP contribution in [-0.4, -0.2) is 34.7 Å². The van der Waals surface area contributed by atoms with Crippen molar-refractivity contribution in [3.05, 3.63) is 78.8 Å². The molecule has 1 atom stereocenters. The molecule has 0 amide bonds. The molecular weight excluding hydrogens is 441 g/mol. The SMILES string of the molecule is CC(Sc1ncnc2c1cnn2-c1ccc(F)cc1)c1nc(N)nc(Nc2ccccc2)n1. The smallest absolute Gasteiger partial charge is 0.232 e. The number of nitrogen functional groups attached to an aromatic ring is 1. The zero-order chi connectivity index (χ0) is 22.8. The molecule has 0 saturated carbocycles. The quantitative estimate of drug-likeness (QED) is 0.282. The predicted molar refractivity (Wildman–Crippen MR) is 125 cm³/mol. The van der Waals surface area contributed by atoms with Crippen LogP contribution in [0.25, 0.3) is 16.7 Å². The third-order valence-electron chi connectivity index (χ3n) is 4.75. The molecule has 9 nitrogen and oxygen atoms in total. The van der Waals surface area contributed by atoms with Gasteiger partial charge in [0.05, 0.1) is 22.5 Å². The molecule has 2 aromatic carbocycles. The van der Waals surface area contributed by atoms with Gasteiger partial charge in [0.1, 0.15) is 23.0 Å².